The first-order chi connectivity index (χ1) is 13.7. The highest BCUT2D eigenvalue weighted by Gasteiger charge is 2.23. The number of nitrogens with zero attached hydrogens (tertiary/aromatic N) is 2. The van der Waals surface area contributed by atoms with Crippen LogP contribution in [0.25, 0.3) is 11.3 Å². The van der Waals surface area contributed by atoms with Gasteiger partial charge in [-0.3, -0.25) is 9.69 Å². The van der Waals surface area contributed by atoms with Crippen LogP contribution < -0.4 is 0 Å². The van der Waals surface area contributed by atoms with Crippen molar-refractivity contribution in [2.24, 2.45) is 0 Å². The fourth-order valence-electron chi connectivity index (χ4n) is 3.55. The average molecular weight is 378 g/mol. The topological polar surface area (TPSA) is 36.7 Å². The van der Waals surface area contributed by atoms with E-state index >= 15 is 0 Å². The highest BCUT2D eigenvalue weighted by Crippen LogP contribution is 2.23. The van der Waals surface area contributed by atoms with Crippen molar-refractivity contribution < 1.29 is 13.6 Å². The molecule has 0 unspecified atom stereocenters. The number of halogens is 1. The quantitative estimate of drug-likeness (QED) is 0.674. The average Bonchev–Trinajstić information content (AvgIpc) is 3.10. The van der Waals surface area contributed by atoms with Crippen LogP contribution in [-0.4, -0.2) is 41.9 Å². The maximum absolute atomic E-state index is 13.1. The molecule has 0 radical (unpaired) electrons. The lowest BCUT2D eigenvalue weighted by molar-refractivity contribution is 0.0730. The number of benzene rings is 2. The number of carbonyl (C=O) groups excluding carboxylic acids is 1. The van der Waals surface area contributed by atoms with Crippen molar-refractivity contribution in [3.8, 4) is 11.3 Å². The first-order valence-electron chi connectivity index (χ1n) is 9.60. The highest BCUT2D eigenvalue weighted by molar-refractivity contribution is 5.92. The maximum atomic E-state index is 13.1. The minimum absolute atomic E-state index is 0.0880. The Balaban J connectivity index is 1.39. The van der Waals surface area contributed by atoms with E-state index in [0.717, 1.165) is 38.2 Å². The molecule has 1 aromatic heterocycles. The summed E-state index contributed by atoms with van der Waals surface area (Å²) in [5.41, 5.74) is 2.04. The van der Waals surface area contributed by atoms with Crippen LogP contribution in [0.3, 0.4) is 0 Å². The molecular weight excluding hydrogens is 355 g/mol. The zero-order valence-corrected chi connectivity index (χ0v) is 15.7. The Hall–Kier alpha value is -2.92. The third-order valence-electron chi connectivity index (χ3n) is 5.07. The first-order valence-corrected chi connectivity index (χ1v) is 9.60. The molecule has 0 spiro atoms. The molecule has 2 heterocycles. The summed E-state index contributed by atoms with van der Waals surface area (Å²) in [5, 5.41) is 0. The molecule has 1 amide bonds. The zero-order valence-electron chi connectivity index (χ0n) is 15.7. The summed E-state index contributed by atoms with van der Waals surface area (Å²) < 4.78 is 18.9. The van der Waals surface area contributed by atoms with Crippen LogP contribution in [0, 0.1) is 5.82 Å². The summed E-state index contributed by atoms with van der Waals surface area (Å²) >= 11 is 0. The molecule has 4 nitrogen and oxygen atoms in total. The fourth-order valence-corrected chi connectivity index (χ4v) is 3.55. The summed E-state index contributed by atoms with van der Waals surface area (Å²) in [7, 11) is 0. The molecule has 3 aromatic rings. The van der Waals surface area contributed by atoms with E-state index in [1.54, 1.807) is 24.3 Å². The lowest BCUT2D eigenvalue weighted by atomic mass is 10.2. The summed E-state index contributed by atoms with van der Waals surface area (Å²) in [6, 6.07) is 19.9. The van der Waals surface area contributed by atoms with Gasteiger partial charge in [0.2, 0.25) is 0 Å². The van der Waals surface area contributed by atoms with Gasteiger partial charge in [0, 0.05) is 38.3 Å². The molecular formula is C23H23FN2O2. The van der Waals surface area contributed by atoms with Gasteiger partial charge in [0.1, 0.15) is 11.6 Å². The van der Waals surface area contributed by atoms with Crippen molar-refractivity contribution in [2.75, 3.05) is 26.2 Å². The molecule has 1 aliphatic rings. The van der Waals surface area contributed by atoms with Crippen molar-refractivity contribution in [3.63, 3.8) is 0 Å². The van der Waals surface area contributed by atoms with Crippen molar-refractivity contribution in [1.82, 2.24) is 9.80 Å². The van der Waals surface area contributed by atoms with Crippen molar-refractivity contribution in [1.29, 1.82) is 0 Å². The third-order valence-corrected chi connectivity index (χ3v) is 5.07. The van der Waals surface area contributed by atoms with E-state index in [-0.39, 0.29) is 11.7 Å². The molecule has 1 aliphatic heterocycles. The van der Waals surface area contributed by atoms with Crippen LogP contribution in [0.4, 0.5) is 4.39 Å². The minimum Gasteiger partial charge on any atom is -0.451 e. The smallest absolute Gasteiger partial charge is 0.289 e. The van der Waals surface area contributed by atoms with Gasteiger partial charge in [0.15, 0.2) is 5.76 Å². The van der Waals surface area contributed by atoms with E-state index in [9.17, 15) is 9.18 Å². The highest BCUT2D eigenvalue weighted by atomic mass is 19.1. The van der Waals surface area contributed by atoms with Crippen LogP contribution in [0.2, 0.25) is 0 Å². The summed E-state index contributed by atoms with van der Waals surface area (Å²) in [6.07, 6.45) is 0.935. The SMILES string of the molecule is O=C(c1ccc(-c2ccc(F)cc2)o1)N1CCCN(Cc2ccccc2)CC1. The van der Waals surface area contributed by atoms with Gasteiger partial charge in [0.25, 0.3) is 5.91 Å². The first kappa shape index (κ1) is 18.4. The molecule has 0 bridgehead atoms. The largest absolute Gasteiger partial charge is 0.451 e. The van der Waals surface area contributed by atoms with Gasteiger partial charge in [-0.05, 0) is 48.4 Å². The Morgan fingerprint density at radius 1 is 0.893 bits per heavy atom. The number of amides is 1. The Morgan fingerprint density at radius 2 is 1.68 bits per heavy atom. The predicted octanol–water partition coefficient (Wildman–Crippen LogP) is 4.43. The molecule has 2 aromatic carbocycles. The Labute approximate surface area is 164 Å². The Morgan fingerprint density at radius 3 is 2.46 bits per heavy atom. The second-order valence-corrected chi connectivity index (χ2v) is 7.08. The van der Waals surface area contributed by atoms with Crippen LogP contribution in [0.1, 0.15) is 22.5 Å². The molecule has 144 valence electrons. The van der Waals surface area contributed by atoms with Gasteiger partial charge >= 0.3 is 0 Å². The minimum atomic E-state index is -0.295. The number of furan rings is 1. The lowest BCUT2D eigenvalue weighted by Gasteiger charge is -2.21. The number of hydrogen-bond acceptors (Lipinski definition) is 3. The van der Waals surface area contributed by atoms with Crippen molar-refractivity contribution >= 4 is 5.91 Å². The van der Waals surface area contributed by atoms with Gasteiger partial charge in [0.05, 0.1) is 0 Å². The molecule has 1 saturated heterocycles. The number of rotatable bonds is 4. The second-order valence-electron chi connectivity index (χ2n) is 7.08. The zero-order chi connectivity index (χ0) is 19.3. The van der Waals surface area contributed by atoms with E-state index in [2.05, 4.69) is 29.2 Å². The van der Waals surface area contributed by atoms with E-state index in [0.29, 0.717) is 18.1 Å². The van der Waals surface area contributed by atoms with Gasteiger partial charge < -0.3 is 9.32 Å². The van der Waals surface area contributed by atoms with Crippen molar-refractivity contribution in [3.05, 3.63) is 83.9 Å². The normalized spacial score (nSPS) is 15.4. The molecule has 0 saturated carbocycles. The Kier molecular flexibility index (Phi) is 5.53. The summed E-state index contributed by atoms with van der Waals surface area (Å²) in [4.78, 5) is 17.1. The second kappa shape index (κ2) is 8.40. The van der Waals surface area contributed by atoms with Gasteiger partial charge in [-0.15, -0.1) is 0 Å². The molecule has 4 rings (SSSR count). The van der Waals surface area contributed by atoms with Crippen LogP contribution in [0.15, 0.2) is 71.1 Å². The van der Waals surface area contributed by atoms with Crippen molar-refractivity contribution in [2.45, 2.75) is 13.0 Å². The molecule has 0 N–H and O–H groups in total. The van der Waals surface area contributed by atoms with Crippen LogP contribution in [-0.2, 0) is 6.54 Å². The van der Waals surface area contributed by atoms with Crippen LogP contribution >= 0.6 is 0 Å². The predicted molar refractivity (Wildman–Crippen MR) is 106 cm³/mol. The fraction of sp³-hybridized carbons (Fsp3) is 0.261. The van der Waals surface area contributed by atoms with Gasteiger partial charge in [-0.2, -0.15) is 0 Å². The van der Waals surface area contributed by atoms with E-state index in [1.165, 1.54) is 17.7 Å². The summed E-state index contributed by atoms with van der Waals surface area (Å²) in [5.74, 6) is 0.519. The molecule has 1 fully saturated rings. The number of carbonyl (C=O) groups is 1. The van der Waals surface area contributed by atoms with Gasteiger partial charge in [-0.1, -0.05) is 30.3 Å². The number of hydrogen-bond donors (Lipinski definition) is 0. The summed E-state index contributed by atoms with van der Waals surface area (Å²) in [6.45, 7) is 4.11. The van der Waals surface area contributed by atoms with E-state index < -0.39 is 0 Å². The molecule has 28 heavy (non-hydrogen) atoms. The molecule has 0 atom stereocenters. The monoisotopic (exact) mass is 378 g/mol. The standard InChI is InChI=1S/C23H23FN2O2/c24-20-9-7-19(8-10-20)21-11-12-22(28-21)23(27)26-14-4-13-25(15-16-26)17-18-5-2-1-3-6-18/h1-3,5-12H,4,13-17H2. The molecule has 0 aliphatic carbocycles. The van der Waals surface area contributed by atoms with Crippen LogP contribution in [0.5, 0.6) is 0 Å². The van der Waals surface area contributed by atoms with E-state index in [4.69, 9.17) is 4.42 Å². The maximum Gasteiger partial charge on any atom is 0.289 e. The Bertz CT molecular complexity index is 921. The van der Waals surface area contributed by atoms with E-state index in [1.807, 2.05) is 11.0 Å². The lowest BCUT2D eigenvalue weighted by Crippen LogP contribution is -2.34. The molecule has 5 heteroatoms. The van der Waals surface area contributed by atoms with Gasteiger partial charge in [-0.25, -0.2) is 4.39 Å². The third kappa shape index (κ3) is 4.31.